The summed E-state index contributed by atoms with van der Waals surface area (Å²) in [5.41, 5.74) is 3.21. The molecule has 19 heavy (non-hydrogen) atoms. The molecular formula is C17H26N2. The summed E-state index contributed by atoms with van der Waals surface area (Å²) in [5, 5.41) is 3.53. The maximum Gasteiger partial charge on any atom is 0.0218 e. The molecule has 0 bridgehead atoms. The van der Waals surface area contributed by atoms with Gasteiger partial charge in [0.05, 0.1) is 0 Å². The summed E-state index contributed by atoms with van der Waals surface area (Å²) in [6.45, 7) is 3.60. The van der Waals surface area contributed by atoms with Crippen LogP contribution in [0.1, 0.15) is 42.7 Å². The number of likely N-dealkylation sites (N-methyl/N-ethyl adjacent to an activating group) is 1. The molecule has 3 rings (SSSR count). The first kappa shape index (κ1) is 13.1. The summed E-state index contributed by atoms with van der Waals surface area (Å²) in [6.07, 6.45) is 6.69. The standard InChI is InChI=1S/C17H26N2/c1-19(16-9-5-11-18-12-16)13-15-8-4-7-14-6-2-3-10-17(14)15/h2-3,6,10,15-16,18H,4-5,7-9,11-13H2,1H3. The molecule has 1 saturated heterocycles. The van der Waals surface area contributed by atoms with Crippen molar-refractivity contribution in [2.45, 2.75) is 44.1 Å². The van der Waals surface area contributed by atoms with E-state index in [1.54, 1.807) is 11.1 Å². The van der Waals surface area contributed by atoms with Crippen molar-refractivity contribution >= 4 is 0 Å². The first-order valence-electron chi connectivity index (χ1n) is 7.83. The van der Waals surface area contributed by atoms with Crippen molar-refractivity contribution in [3.63, 3.8) is 0 Å². The minimum absolute atomic E-state index is 0.739. The fraction of sp³-hybridized carbons (Fsp3) is 0.647. The quantitative estimate of drug-likeness (QED) is 0.897. The zero-order chi connectivity index (χ0) is 13.1. The molecule has 1 fully saturated rings. The summed E-state index contributed by atoms with van der Waals surface area (Å²) in [4.78, 5) is 2.60. The molecule has 0 spiro atoms. The van der Waals surface area contributed by atoms with Crippen molar-refractivity contribution in [2.75, 3.05) is 26.7 Å². The molecule has 0 radical (unpaired) electrons. The second-order valence-corrected chi connectivity index (χ2v) is 6.23. The van der Waals surface area contributed by atoms with Gasteiger partial charge in [-0.3, -0.25) is 0 Å². The van der Waals surface area contributed by atoms with Crippen molar-refractivity contribution in [1.29, 1.82) is 0 Å². The average Bonchev–Trinajstić information content (AvgIpc) is 2.48. The Kier molecular flexibility index (Phi) is 4.19. The lowest BCUT2D eigenvalue weighted by Crippen LogP contribution is -2.45. The van der Waals surface area contributed by atoms with Crippen molar-refractivity contribution in [3.8, 4) is 0 Å². The lowest BCUT2D eigenvalue weighted by atomic mass is 9.82. The number of piperidine rings is 1. The summed E-state index contributed by atoms with van der Waals surface area (Å²) < 4.78 is 0. The third-order valence-electron chi connectivity index (χ3n) is 4.90. The van der Waals surface area contributed by atoms with E-state index >= 15 is 0 Å². The van der Waals surface area contributed by atoms with Gasteiger partial charge in [-0.15, -0.1) is 0 Å². The van der Waals surface area contributed by atoms with Crippen LogP contribution in [-0.4, -0.2) is 37.6 Å². The van der Waals surface area contributed by atoms with E-state index in [9.17, 15) is 0 Å². The number of benzene rings is 1. The van der Waals surface area contributed by atoms with Crippen LogP contribution in [0.4, 0.5) is 0 Å². The van der Waals surface area contributed by atoms with Gasteiger partial charge in [0, 0.05) is 19.1 Å². The minimum Gasteiger partial charge on any atom is -0.315 e. The van der Waals surface area contributed by atoms with E-state index in [1.807, 2.05) is 0 Å². The lowest BCUT2D eigenvalue weighted by Gasteiger charge is -2.36. The normalized spacial score (nSPS) is 27.3. The van der Waals surface area contributed by atoms with E-state index in [0.717, 1.165) is 12.0 Å². The molecule has 0 saturated carbocycles. The highest BCUT2D eigenvalue weighted by Gasteiger charge is 2.24. The predicted molar refractivity (Wildman–Crippen MR) is 80.6 cm³/mol. The van der Waals surface area contributed by atoms with Gasteiger partial charge in [-0.2, -0.15) is 0 Å². The summed E-state index contributed by atoms with van der Waals surface area (Å²) in [7, 11) is 2.31. The third-order valence-corrected chi connectivity index (χ3v) is 4.90. The second kappa shape index (κ2) is 6.06. The minimum atomic E-state index is 0.739. The molecule has 2 unspecified atom stereocenters. The Labute approximate surface area is 117 Å². The van der Waals surface area contributed by atoms with Gasteiger partial charge in [0.15, 0.2) is 0 Å². The largest absolute Gasteiger partial charge is 0.315 e. The van der Waals surface area contributed by atoms with Crippen molar-refractivity contribution in [2.24, 2.45) is 0 Å². The molecular weight excluding hydrogens is 232 g/mol. The van der Waals surface area contributed by atoms with Crippen LogP contribution >= 0.6 is 0 Å². The highest BCUT2D eigenvalue weighted by molar-refractivity contribution is 5.32. The Morgan fingerprint density at radius 1 is 1.21 bits per heavy atom. The molecule has 2 heteroatoms. The number of nitrogens with zero attached hydrogens (tertiary/aromatic N) is 1. The smallest absolute Gasteiger partial charge is 0.0218 e. The number of fused-ring (bicyclic) bond motifs is 1. The van der Waals surface area contributed by atoms with Crippen LogP contribution in [-0.2, 0) is 6.42 Å². The van der Waals surface area contributed by atoms with E-state index in [-0.39, 0.29) is 0 Å². The van der Waals surface area contributed by atoms with Gasteiger partial charge in [0.2, 0.25) is 0 Å². The highest BCUT2D eigenvalue weighted by Crippen LogP contribution is 2.32. The number of nitrogens with one attached hydrogen (secondary N) is 1. The zero-order valence-electron chi connectivity index (χ0n) is 12.1. The maximum atomic E-state index is 3.53. The topological polar surface area (TPSA) is 15.3 Å². The Balaban J connectivity index is 1.66. The molecule has 104 valence electrons. The van der Waals surface area contributed by atoms with Crippen LogP contribution in [0.25, 0.3) is 0 Å². The van der Waals surface area contributed by atoms with Gasteiger partial charge in [-0.05, 0) is 62.7 Å². The lowest BCUT2D eigenvalue weighted by molar-refractivity contribution is 0.188. The average molecular weight is 258 g/mol. The van der Waals surface area contributed by atoms with Gasteiger partial charge in [0.25, 0.3) is 0 Å². The zero-order valence-corrected chi connectivity index (χ0v) is 12.1. The Bertz CT molecular complexity index is 409. The predicted octanol–water partition coefficient (Wildman–Crippen LogP) is 2.79. The third kappa shape index (κ3) is 3.01. The van der Waals surface area contributed by atoms with Gasteiger partial charge in [0.1, 0.15) is 0 Å². The van der Waals surface area contributed by atoms with E-state index in [0.29, 0.717) is 0 Å². The molecule has 1 aromatic rings. The van der Waals surface area contributed by atoms with Crippen molar-refractivity contribution in [1.82, 2.24) is 10.2 Å². The molecule has 1 aromatic carbocycles. The van der Waals surface area contributed by atoms with Gasteiger partial charge < -0.3 is 10.2 Å². The van der Waals surface area contributed by atoms with E-state index in [1.165, 1.54) is 51.7 Å². The number of rotatable bonds is 3. The molecule has 0 aromatic heterocycles. The fourth-order valence-corrected chi connectivity index (χ4v) is 3.75. The van der Waals surface area contributed by atoms with E-state index in [4.69, 9.17) is 0 Å². The monoisotopic (exact) mass is 258 g/mol. The molecule has 1 heterocycles. The first-order valence-corrected chi connectivity index (χ1v) is 7.83. The fourth-order valence-electron chi connectivity index (χ4n) is 3.75. The summed E-state index contributed by atoms with van der Waals surface area (Å²) in [5.74, 6) is 0.747. The Hall–Kier alpha value is -0.860. The molecule has 2 atom stereocenters. The van der Waals surface area contributed by atoms with Gasteiger partial charge in [-0.1, -0.05) is 24.3 Å². The molecule has 0 amide bonds. The number of aryl methyl sites for hydroxylation is 1. The van der Waals surface area contributed by atoms with Crippen molar-refractivity contribution < 1.29 is 0 Å². The summed E-state index contributed by atoms with van der Waals surface area (Å²) >= 11 is 0. The molecule has 1 aliphatic carbocycles. The molecule has 2 nitrogen and oxygen atoms in total. The Morgan fingerprint density at radius 3 is 2.95 bits per heavy atom. The van der Waals surface area contributed by atoms with Crippen LogP contribution < -0.4 is 5.32 Å². The molecule has 2 aliphatic rings. The van der Waals surface area contributed by atoms with Gasteiger partial charge >= 0.3 is 0 Å². The van der Waals surface area contributed by atoms with Crippen LogP contribution in [0, 0.1) is 0 Å². The number of hydrogen-bond acceptors (Lipinski definition) is 2. The van der Waals surface area contributed by atoms with Crippen molar-refractivity contribution in [3.05, 3.63) is 35.4 Å². The SMILES string of the molecule is CN(CC1CCCc2ccccc21)C1CCCNC1. The van der Waals surface area contributed by atoms with Crippen LogP contribution in [0.5, 0.6) is 0 Å². The van der Waals surface area contributed by atoms with E-state index < -0.39 is 0 Å². The van der Waals surface area contributed by atoms with Crippen LogP contribution in [0.15, 0.2) is 24.3 Å². The van der Waals surface area contributed by atoms with E-state index in [2.05, 4.69) is 41.5 Å². The second-order valence-electron chi connectivity index (χ2n) is 6.23. The number of hydrogen-bond donors (Lipinski definition) is 1. The van der Waals surface area contributed by atoms with Crippen LogP contribution in [0.3, 0.4) is 0 Å². The Morgan fingerprint density at radius 2 is 2.11 bits per heavy atom. The summed E-state index contributed by atoms with van der Waals surface area (Å²) in [6, 6.07) is 9.81. The van der Waals surface area contributed by atoms with Gasteiger partial charge in [-0.25, -0.2) is 0 Å². The molecule has 1 N–H and O–H groups in total. The van der Waals surface area contributed by atoms with Crippen LogP contribution in [0.2, 0.25) is 0 Å². The molecule has 1 aliphatic heterocycles. The first-order chi connectivity index (χ1) is 9.34. The highest BCUT2D eigenvalue weighted by atomic mass is 15.2. The maximum absolute atomic E-state index is 3.53.